The van der Waals surface area contributed by atoms with Crippen molar-refractivity contribution in [3.8, 4) is 22.4 Å². The molecule has 0 fully saturated rings. The summed E-state index contributed by atoms with van der Waals surface area (Å²) >= 11 is 0. The van der Waals surface area contributed by atoms with Crippen molar-refractivity contribution in [2.45, 2.75) is 32.9 Å². The molecule has 31 heavy (non-hydrogen) atoms. The van der Waals surface area contributed by atoms with Crippen molar-refractivity contribution in [3.63, 3.8) is 0 Å². The van der Waals surface area contributed by atoms with Gasteiger partial charge in [-0.05, 0) is 73.4 Å². The van der Waals surface area contributed by atoms with Crippen molar-refractivity contribution >= 4 is 27.8 Å². The van der Waals surface area contributed by atoms with E-state index >= 15 is 0 Å². The van der Waals surface area contributed by atoms with Crippen molar-refractivity contribution in [3.05, 3.63) is 66.4 Å². The maximum atomic E-state index is 6.02. The van der Waals surface area contributed by atoms with Crippen molar-refractivity contribution < 1.29 is 0 Å². The first-order valence-electron chi connectivity index (χ1n) is 10.4. The first-order chi connectivity index (χ1) is 14.9. The molecule has 0 bridgehead atoms. The van der Waals surface area contributed by atoms with Crippen LogP contribution in [0.4, 0.5) is 5.82 Å². The molecule has 0 saturated carbocycles. The molecule has 2 aromatic carbocycles. The van der Waals surface area contributed by atoms with Crippen molar-refractivity contribution in [2.75, 3.05) is 5.73 Å². The van der Waals surface area contributed by atoms with Gasteiger partial charge in [0, 0.05) is 34.7 Å². The second kappa shape index (κ2) is 7.25. The number of nitrogens with one attached hydrogen (secondary N) is 3. The second-order valence-electron chi connectivity index (χ2n) is 8.98. The number of hydrogen-bond acceptors (Lipinski definition) is 4. The highest BCUT2D eigenvalue weighted by Gasteiger charge is 2.13. The van der Waals surface area contributed by atoms with Gasteiger partial charge in [-0.1, -0.05) is 24.3 Å². The van der Waals surface area contributed by atoms with Crippen LogP contribution >= 0.6 is 0 Å². The molecular weight excluding hydrogens is 384 g/mol. The number of nitrogens with zero attached hydrogens (tertiary/aromatic N) is 2. The number of rotatable bonds is 4. The molecular formula is C25H26N6. The minimum absolute atomic E-state index is 0.0788. The lowest BCUT2D eigenvalue weighted by atomic mass is 10.0. The zero-order valence-electron chi connectivity index (χ0n) is 18.0. The predicted molar refractivity (Wildman–Crippen MR) is 128 cm³/mol. The fraction of sp³-hybridized carbons (Fsp3) is 0.200. The molecule has 0 saturated heterocycles. The lowest BCUT2D eigenvalue weighted by Gasteiger charge is -2.20. The number of fused-ring (bicyclic) bond motifs is 2. The Hall–Kier alpha value is -3.64. The maximum absolute atomic E-state index is 6.02. The van der Waals surface area contributed by atoms with Gasteiger partial charge in [-0.25, -0.2) is 4.98 Å². The molecule has 5 rings (SSSR count). The summed E-state index contributed by atoms with van der Waals surface area (Å²) in [4.78, 5) is 8.05. The van der Waals surface area contributed by atoms with Crippen LogP contribution in [0.1, 0.15) is 26.3 Å². The number of hydrogen-bond donors (Lipinski definition) is 4. The van der Waals surface area contributed by atoms with Crippen molar-refractivity contribution in [2.24, 2.45) is 0 Å². The van der Waals surface area contributed by atoms with E-state index in [0.717, 1.165) is 50.9 Å². The molecule has 0 aliphatic heterocycles. The van der Waals surface area contributed by atoms with E-state index in [1.54, 1.807) is 0 Å². The minimum atomic E-state index is 0.0788. The number of nitrogens with two attached hydrogens (primary N) is 1. The Morgan fingerprint density at radius 2 is 1.84 bits per heavy atom. The number of aromatic amines is 2. The van der Waals surface area contributed by atoms with Gasteiger partial charge in [0.05, 0.1) is 5.52 Å². The van der Waals surface area contributed by atoms with Crippen LogP contribution in [0.2, 0.25) is 0 Å². The Balaban J connectivity index is 1.55. The van der Waals surface area contributed by atoms with E-state index in [1.807, 2.05) is 18.3 Å². The lowest BCUT2D eigenvalue weighted by Crippen LogP contribution is -2.35. The molecule has 0 aliphatic carbocycles. The third-order valence-electron chi connectivity index (χ3n) is 5.50. The van der Waals surface area contributed by atoms with Crippen molar-refractivity contribution in [1.29, 1.82) is 0 Å². The Morgan fingerprint density at radius 1 is 0.968 bits per heavy atom. The Kier molecular flexibility index (Phi) is 4.52. The Bertz CT molecular complexity index is 1390. The van der Waals surface area contributed by atoms with Crippen LogP contribution in [0.3, 0.4) is 0 Å². The van der Waals surface area contributed by atoms with Gasteiger partial charge in [0.2, 0.25) is 0 Å². The van der Waals surface area contributed by atoms with Gasteiger partial charge in [-0.2, -0.15) is 5.10 Å². The second-order valence-corrected chi connectivity index (χ2v) is 8.98. The summed E-state index contributed by atoms with van der Waals surface area (Å²) < 4.78 is 0. The van der Waals surface area contributed by atoms with Crippen LogP contribution in [0.15, 0.2) is 60.8 Å². The van der Waals surface area contributed by atoms with Crippen molar-refractivity contribution in [1.82, 2.24) is 25.5 Å². The van der Waals surface area contributed by atoms with Gasteiger partial charge in [-0.15, -0.1) is 0 Å². The number of pyridine rings is 1. The first-order valence-corrected chi connectivity index (χ1v) is 10.4. The summed E-state index contributed by atoms with van der Waals surface area (Å²) in [6, 6.07) is 19.0. The monoisotopic (exact) mass is 410 g/mol. The zero-order valence-corrected chi connectivity index (χ0v) is 18.0. The van der Waals surface area contributed by atoms with Gasteiger partial charge in [0.25, 0.3) is 0 Å². The summed E-state index contributed by atoms with van der Waals surface area (Å²) in [6.45, 7) is 7.36. The van der Waals surface area contributed by atoms with E-state index in [9.17, 15) is 0 Å². The standard InChI is InChI=1S/C25H26N6/c1-25(2,3)28-14-15-5-4-6-17(11-15)22-13-19-18(9-10-27-24(19)29-22)16-7-8-21-20(12-16)23(26)31-30-21/h4-13,28H,14H2,1-3H3,(H,27,29)(H3,26,30,31). The molecule has 5 N–H and O–H groups in total. The Labute approximate surface area is 180 Å². The normalized spacial score (nSPS) is 12.1. The lowest BCUT2D eigenvalue weighted by molar-refractivity contribution is 0.424. The van der Waals surface area contributed by atoms with Crippen LogP contribution in [-0.4, -0.2) is 25.7 Å². The predicted octanol–water partition coefficient (Wildman–Crippen LogP) is 5.24. The summed E-state index contributed by atoms with van der Waals surface area (Å²) in [6.07, 6.45) is 1.84. The molecule has 156 valence electrons. The number of H-pyrrole nitrogens is 2. The highest BCUT2D eigenvalue weighted by atomic mass is 15.1. The summed E-state index contributed by atoms with van der Waals surface area (Å²) in [5.41, 5.74) is 13.5. The number of anilines is 1. The molecule has 0 spiro atoms. The van der Waals surface area contributed by atoms with Crippen LogP contribution in [-0.2, 0) is 6.54 Å². The molecule has 5 aromatic rings. The minimum Gasteiger partial charge on any atom is -0.382 e. The topological polar surface area (TPSA) is 95.4 Å². The average Bonchev–Trinajstić information content (AvgIpc) is 3.35. The molecule has 3 heterocycles. The summed E-state index contributed by atoms with van der Waals surface area (Å²) in [5, 5.41) is 12.6. The van der Waals surface area contributed by atoms with Crippen LogP contribution in [0.5, 0.6) is 0 Å². The largest absolute Gasteiger partial charge is 0.382 e. The molecule has 0 unspecified atom stereocenters. The number of benzene rings is 2. The average molecular weight is 411 g/mol. The van der Waals surface area contributed by atoms with Gasteiger partial charge in [0.15, 0.2) is 5.82 Å². The third-order valence-corrected chi connectivity index (χ3v) is 5.50. The van der Waals surface area contributed by atoms with E-state index in [2.05, 4.69) is 88.7 Å². The smallest absolute Gasteiger partial charge is 0.153 e. The summed E-state index contributed by atoms with van der Waals surface area (Å²) in [7, 11) is 0. The van der Waals surface area contributed by atoms with Gasteiger partial charge in [-0.3, -0.25) is 5.10 Å². The van der Waals surface area contributed by atoms with Gasteiger partial charge in [0.1, 0.15) is 5.65 Å². The molecule has 0 amide bonds. The molecule has 0 atom stereocenters. The molecule has 6 heteroatoms. The highest BCUT2D eigenvalue weighted by molar-refractivity contribution is 5.99. The quantitative estimate of drug-likeness (QED) is 0.326. The third kappa shape index (κ3) is 3.78. The van der Waals surface area contributed by atoms with E-state index in [1.165, 1.54) is 5.56 Å². The van der Waals surface area contributed by atoms with Crippen LogP contribution in [0, 0.1) is 0 Å². The molecule has 3 aromatic heterocycles. The van der Waals surface area contributed by atoms with Gasteiger partial charge < -0.3 is 16.0 Å². The highest BCUT2D eigenvalue weighted by Crippen LogP contribution is 2.33. The maximum Gasteiger partial charge on any atom is 0.153 e. The van der Waals surface area contributed by atoms with Crippen LogP contribution < -0.4 is 11.1 Å². The fourth-order valence-electron chi connectivity index (χ4n) is 3.85. The van der Waals surface area contributed by atoms with Gasteiger partial charge >= 0.3 is 0 Å². The van der Waals surface area contributed by atoms with Crippen LogP contribution in [0.25, 0.3) is 44.3 Å². The first kappa shape index (κ1) is 19.3. The summed E-state index contributed by atoms with van der Waals surface area (Å²) in [5.74, 6) is 0.512. The fourth-order valence-corrected chi connectivity index (χ4v) is 3.85. The molecule has 0 radical (unpaired) electrons. The zero-order chi connectivity index (χ0) is 21.6. The molecule has 0 aliphatic rings. The SMILES string of the molecule is CC(C)(C)NCc1cccc(-c2cc3c(-c4ccc5[nH]nc(N)c5c4)ccnc3[nH]2)c1. The van der Waals surface area contributed by atoms with E-state index in [-0.39, 0.29) is 5.54 Å². The van der Waals surface area contributed by atoms with E-state index < -0.39 is 0 Å². The Morgan fingerprint density at radius 3 is 2.68 bits per heavy atom. The van der Waals surface area contributed by atoms with E-state index in [0.29, 0.717) is 5.82 Å². The molecule has 6 nitrogen and oxygen atoms in total. The van der Waals surface area contributed by atoms with E-state index in [4.69, 9.17) is 5.73 Å². The number of aromatic nitrogens is 4. The number of nitrogen functional groups attached to an aromatic ring is 1.